The van der Waals surface area contributed by atoms with Crippen molar-refractivity contribution in [2.24, 2.45) is 5.10 Å². The molecule has 3 heteroatoms. The topological polar surface area (TPSA) is 29.3 Å². The number of para-hydroxylation sites is 1. The number of hydrogen-bond acceptors (Lipinski definition) is 2. The number of hydrazone groups is 1. The fraction of sp³-hybridized carbons (Fsp3) is 0.190. The van der Waals surface area contributed by atoms with Gasteiger partial charge in [-0.3, -0.25) is 5.43 Å². The second kappa shape index (κ2) is 6.75. The third-order valence-corrected chi connectivity index (χ3v) is 4.23. The minimum absolute atomic E-state index is 0.983. The van der Waals surface area contributed by atoms with Gasteiger partial charge in [0.1, 0.15) is 0 Å². The molecule has 0 aliphatic heterocycles. The molecule has 1 heterocycles. The van der Waals surface area contributed by atoms with E-state index in [0.29, 0.717) is 0 Å². The molecule has 0 fully saturated rings. The van der Waals surface area contributed by atoms with Gasteiger partial charge in [-0.25, -0.2) is 0 Å². The first kappa shape index (κ1) is 16.1. The number of hydrogen-bond donors (Lipinski definition) is 1. The highest BCUT2D eigenvalue weighted by Gasteiger charge is 2.11. The van der Waals surface area contributed by atoms with Crippen LogP contribution in [0.25, 0.3) is 5.69 Å². The van der Waals surface area contributed by atoms with E-state index in [4.69, 9.17) is 0 Å². The van der Waals surface area contributed by atoms with Gasteiger partial charge in [0.15, 0.2) is 0 Å². The van der Waals surface area contributed by atoms with Gasteiger partial charge in [0.25, 0.3) is 0 Å². The summed E-state index contributed by atoms with van der Waals surface area (Å²) in [6, 6.07) is 18.7. The van der Waals surface area contributed by atoms with Crippen LogP contribution in [-0.4, -0.2) is 10.8 Å². The Bertz CT molecular complexity index is 874. The van der Waals surface area contributed by atoms with Crippen LogP contribution >= 0.6 is 0 Å². The Labute approximate surface area is 143 Å². The van der Waals surface area contributed by atoms with E-state index in [1.807, 2.05) is 36.5 Å². The molecule has 24 heavy (non-hydrogen) atoms. The van der Waals surface area contributed by atoms with E-state index >= 15 is 0 Å². The molecular weight excluding hydrogens is 294 g/mol. The first-order valence-electron chi connectivity index (χ1n) is 8.17. The fourth-order valence-corrected chi connectivity index (χ4v) is 3.03. The molecule has 3 aromatic rings. The Hall–Kier alpha value is -2.81. The summed E-state index contributed by atoms with van der Waals surface area (Å²) in [5, 5.41) is 4.37. The van der Waals surface area contributed by atoms with E-state index < -0.39 is 0 Å². The molecule has 0 saturated carbocycles. The van der Waals surface area contributed by atoms with Gasteiger partial charge < -0.3 is 4.57 Å². The molecule has 0 radical (unpaired) electrons. The predicted octanol–water partition coefficient (Wildman–Crippen LogP) is 5.16. The van der Waals surface area contributed by atoms with Crippen molar-refractivity contribution in [2.45, 2.75) is 27.7 Å². The van der Waals surface area contributed by atoms with E-state index in [1.54, 1.807) is 0 Å². The molecular formula is C21H23N3. The van der Waals surface area contributed by atoms with Crippen molar-refractivity contribution in [3.63, 3.8) is 0 Å². The number of benzene rings is 2. The number of aryl methyl sites for hydroxylation is 3. The molecule has 0 spiro atoms. The highest BCUT2D eigenvalue weighted by atomic mass is 15.3. The van der Waals surface area contributed by atoms with Crippen molar-refractivity contribution in [3.05, 3.63) is 82.7 Å². The van der Waals surface area contributed by atoms with Crippen molar-refractivity contribution < 1.29 is 0 Å². The van der Waals surface area contributed by atoms with Gasteiger partial charge in [0.2, 0.25) is 0 Å². The van der Waals surface area contributed by atoms with Crippen molar-refractivity contribution in [1.29, 1.82) is 0 Å². The summed E-state index contributed by atoms with van der Waals surface area (Å²) >= 11 is 0. The summed E-state index contributed by atoms with van der Waals surface area (Å²) in [5.74, 6) is 0. The summed E-state index contributed by atoms with van der Waals surface area (Å²) < 4.78 is 2.29. The standard InChI is InChI=1S/C21H23N3/c1-15-10-11-21(16(2)12-15)24-17(3)13-19(18(24)4)14-22-23-20-8-6-5-7-9-20/h5-14,23H,1-4H3/b22-14+. The average molecular weight is 317 g/mol. The van der Waals surface area contributed by atoms with Gasteiger partial charge in [-0.05, 0) is 57.5 Å². The van der Waals surface area contributed by atoms with E-state index in [9.17, 15) is 0 Å². The second-order valence-corrected chi connectivity index (χ2v) is 6.19. The molecule has 1 N–H and O–H groups in total. The number of nitrogens with zero attached hydrogens (tertiary/aromatic N) is 2. The smallest absolute Gasteiger partial charge is 0.0562 e. The zero-order chi connectivity index (χ0) is 17.1. The number of nitrogens with one attached hydrogen (secondary N) is 1. The van der Waals surface area contributed by atoms with Crippen LogP contribution in [0.3, 0.4) is 0 Å². The second-order valence-electron chi connectivity index (χ2n) is 6.19. The SMILES string of the molecule is Cc1ccc(-n2c(C)cc(/C=N/Nc3ccccc3)c2C)c(C)c1. The van der Waals surface area contributed by atoms with Crippen molar-refractivity contribution in [3.8, 4) is 5.69 Å². The van der Waals surface area contributed by atoms with Gasteiger partial charge >= 0.3 is 0 Å². The Kier molecular flexibility index (Phi) is 4.52. The Morgan fingerprint density at radius 3 is 2.38 bits per heavy atom. The van der Waals surface area contributed by atoms with Gasteiger partial charge in [-0.1, -0.05) is 35.9 Å². The number of aromatic nitrogens is 1. The number of anilines is 1. The van der Waals surface area contributed by atoms with Gasteiger partial charge in [-0.15, -0.1) is 0 Å². The molecule has 0 amide bonds. The quantitative estimate of drug-likeness (QED) is 0.523. The molecule has 0 bridgehead atoms. The maximum Gasteiger partial charge on any atom is 0.0562 e. The van der Waals surface area contributed by atoms with Crippen LogP contribution in [0.4, 0.5) is 5.69 Å². The summed E-state index contributed by atoms with van der Waals surface area (Å²) in [7, 11) is 0. The Morgan fingerprint density at radius 2 is 1.67 bits per heavy atom. The zero-order valence-electron chi connectivity index (χ0n) is 14.7. The average Bonchev–Trinajstić information content (AvgIpc) is 2.83. The van der Waals surface area contributed by atoms with Gasteiger partial charge in [0.05, 0.1) is 11.9 Å². The molecule has 1 aromatic heterocycles. The number of rotatable bonds is 4. The van der Waals surface area contributed by atoms with Crippen LogP contribution < -0.4 is 5.43 Å². The summed E-state index contributed by atoms with van der Waals surface area (Å²) in [6.45, 7) is 8.55. The normalized spacial score (nSPS) is 11.2. The van der Waals surface area contributed by atoms with Crippen molar-refractivity contribution >= 4 is 11.9 Å². The highest BCUT2D eigenvalue weighted by Crippen LogP contribution is 2.23. The fourth-order valence-electron chi connectivity index (χ4n) is 3.03. The minimum Gasteiger partial charge on any atom is -0.318 e. The molecule has 2 aromatic carbocycles. The molecule has 122 valence electrons. The van der Waals surface area contributed by atoms with Crippen molar-refractivity contribution in [2.75, 3.05) is 5.43 Å². The maximum atomic E-state index is 4.37. The van der Waals surface area contributed by atoms with Crippen molar-refractivity contribution in [1.82, 2.24) is 4.57 Å². The van der Waals surface area contributed by atoms with E-state index in [-0.39, 0.29) is 0 Å². The molecule has 0 aliphatic carbocycles. The van der Waals surface area contributed by atoms with Gasteiger partial charge in [-0.2, -0.15) is 5.10 Å². The van der Waals surface area contributed by atoms with Crippen LogP contribution in [0, 0.1) is 27.7 Å². The predicted molar refractivity (Wildman–Crippen MR) is 102 cm³/mol. The molecule has 3 rings (SSSR count). The lowest BCUT2D eigenvalue weighted by Gasteiger charge is -2.13. The van der Waals surface area contributed by atoms with Gasteiger partial charge in [0, 0.05) is 22.6 Å². The molecule has 0 unspecified atom stereocenters. The molecule has 0 aliphatic rings. The molecule has 0 saturated heterocycles. The Morgan fingerprint density at radius 1 is 0.917 bits per heavy atom. The Balaban J connectivity index is 1.89. The van der Waals surface area contributed by atoms with Crippen LogP contribution in [0.1, 0.15) is 28.1 Å². The lowest BCUT2D eigenvalue weighted by Crippen LogP contribution is -2.02. The monoisotopic (exact) mass is 317 g/mol. The van der Waals surface area contributed by atoms with E-state index in [2.05, 4.69) is 67.1 Å². The third-order valence-electron chi connectivity index (χ3n) is 4.23. The van der Waals surface area contributed by atoms with Crippen LogP contribution in [-0.2, 0) is 0 Å². The third kappa shape index (κ3) is 3.25. The van der Waals surface area contributed by atoms with Crippen LogP contribution in [0.5, 0.6) is 0 Å². The first-order valence-corrected chi connectivity index (χ1v) is 8.17. The largest absolute Gasteiger partial charge is 0.318 e. The van der Waals surface area contributed by atoms with E-state index in [1.165, 1.54) is 28.2 Å². The van der Waals surface area contributed by atoms with E-state index in [0.717, 1.165) is 11.3 Å². The molecule has 0 atom stereocenters. The van der Waals surface area contributed by atoms with Crippen LogP contribution in [0.2, 0.25) is 0 Å². The zero-order valence-corrected chi connectivity index (χ0v) is 14.7. The highest BCUT2D eigenvalue weighted by molar-refractivity contribution is 5.82. The molecule has 3 nitrogen and oxygen atoms in total. The minimum atomic E-state index is 0.983. The van der Waals surface area contributed by atoms with Crippen LogP contribution in [0.15, 0.2) is 59.7 Å². The summed E-state index contributed by atoms with van der Waals surface area (Å²) in [6.07, 6.45) is 1.88. The summed E-state index contributed by atoms with van der Waals surface area (Å²) in [5.41, 5.74) is 11.4. The first-order chi connectivity index (χ1) is 11.6. The lowest BCUT2D eigenvalue weighted by molar-refractivity contribution is 0.953. The maximum absolute atomic E-state index is 4.37. The summed E-state index contributed by atoms with van der Waals surface area (Å²) in [4.78, 5) is 0. The lowest BCUT2D eigenvalue weighted by atomic mass is 10.1.